The number of rotatable bonds is 7. The van der Waals surface area contributed by atoms with Crippen molar-refractivity contribution in [2.45, 2.75) is 93.5 Å². The summed E-state index contributed by atoms with van der Waals surface area (Å²) in [7, 11) is 4.05. The fourth-order valence-corrected chi connectivity index (χ4v) is 4.67. The molecule has 0 aromatic heterocycles. The Kier molecular flexibility index (Phi) is 7.55. The van der Waals surface area contributed by atoms with Crippen LogP contribution >= 0.6 is 0 Å². The average Bonchev–Trinajstić information content (AvgIpc) is 2.72. The molecule has 2 fully saturated rings. The Labute approximate surface area is 182 Å². The second-order valence-corrected chi connectivity index (χ2v) is 9.05. The van der Waals surface area contributed by atoms with Crippen LogP contribution in [-0.2, 0) is 28.4 Å². The highest BCUT2D eigenvalue weighted by Crippen LogP contribution is 2.55. The fraction of sp³-hybridized carbons (Fsp3) is 1.00. The molecule has 0 aromatic carbocycles. The molecule has 2 heterocycles. The molecular formula is C20H38O11. The van der Waals surface area contributed by atoms with Gasteiger partial charge in [-0.15, -0.1) is 0 Å². The topological polar surface area (TPSA) is 157 Å². The molecule has 0 saturated carbocycles. The van der Waals surface area contributed by atoms with E-state index in [0.29, 0.717) is 0 Å². The Morgan fingerprint density at radius 3 is 1.87 bits per heavy atom. The molecule has 0 radical (unpaired) electrons. The van der Waals surface area contributed by atoms with Crippen LogP contribution in [0.4, 0.5) is 0 Å². The van der Waals surface area contributed by atoms with Gasteiger partial charge in [0.15, 0.2) is 12.1 Å². The van der Waals surface area contributed by atoms with Crippen LogP contribution in [-0.4, -0.2) is 119 Å². The van der Waals surface area contributed by atoms with E-state index in [1.54, 1.807) is 0 Å². The van der Waals surface area contributed by atoms with Gasteiger partial charge in [-0.3, -0.25) is 0 Å². The summed E-state index contributed by atoms with van der Waals surface area (Å²) in [5, 5.41) is 53.9. The van der Waals surface area contributed by atoms with Crippen LogP contribution in [0, 0.1) is 0 Å². The van der Waals surface area contributed by atoms with Gasteiger partial charge in [-0.25, -0.2) is 0 Å². The minimum atomic E-state index is -2.13. The lowest BCUT2D eigenvalue weighted by Crippen LogP contribution is -2.85. The number of aliphatic hydroxyl groups excluding tert-OH is 3. The third-order valence-corrected chi connectivity index (χ3v) is 7.56. The van der Waals surface area contributed by atoms with Crippen molar-refractivity contribution in [2.24, 2.45) is 0 Å². The van der Waals surface area contributed by atoms with Gasteiger partial charge in [0.25, 0.3) is 0 Å². The molecule has 0 unspecified atom stereocenters. The van der Waals surface area contributed by atoms with E-state index in [2.05, 4.69) is 0 Å². The van der Waals surface area contributed by atoms with Crippen LogP contribution in [0.2, 0.25) is 0 Å². The molecule has 2 saturated heterocycles. The van der Waals surface area contributed by atoms with Crippen molar-refractivity contribution in [3.05, 3.63) is 0 Å². The molecule has 0 aromatic rings. The fourth-order valence-electron chi connectivity index (χ4n) is 4.67. The van der Waals surface area contributed by atoms with E-state index >= 15 is 0 Å². The van der Waals surface area contributed by atoms with Crippen LogP contribution in [0.15, 0.2) is 0 Å². The molecule has 0 spiro atoms. The highest BCUT2D eigenvalue weighted by Gasteiger charge is 2.76. The molecule has 0 aliphatic carbocycles. The maximum Gasteiger partial charge on any atom is 0.198 e. The first-order chi connectivity index (χ1) is 14.2. The molecule has 11 nitrogen and oxygen atoms in total. The van der Waals surface area contributed by atoms with Crippen LogP contribution in [0.3, 0.4) is 0 Å². The number of ether oxygens (including phenoxy) is 6. The van der Waals surface area contributed by atoms with E-state index in [0.717, 1.165) is 0 Å². The zero-order valence-corrected chi connectivity index (χ0v) is 19.5. The van der Waals surface area contributed by atoms with Gasteiger partial charge in [0, 0.05) is 21.3 Å². The van der Waals surface area contributed by atoms with Gasteiger partial charge in [0.1, 0.15) is 46.8 Å². The molecule has 2 aliphatic rings. The lowest BCUT2D eigenvalue weighted by atomic mass is 9.61. The molecule has 11 heteroatoms. The lowest BCUT2D eigenvalue weighted by Gasteiger charge is -2.66. The molecule has 10 atom stereocenters. The summed E-state index contributed by atoms with van der Waals surface area (Å²) < 4.78 is 33.9. The van der Waals surface area contributed by atoms with Crippen molar-refractivity contribution < 1.29 is 54.0 Å². The van der Waals surface area contributed by atoms with Crippen molar-refractivity contribution >= 4 is 0 Å². The predicted molar refractivity (Wildman–Crippen MR) is 106 cm³/mol. The van der Waals surface area contributed by atoms with Crippen molar-refractivity contribution in [3.8, 4) is 0 Å². The Morgan fingerprint density at radius 2 is 1.45 bits per heavy atom. The summed E-state index contributed by atoms with van der Waals surface area (Å²) >= 11 is 0. The standard InChI is InChI=1S/C20H38O11/c1-16(10-22)19(4,28-8)17(2,24)18(3,25)20(5,31-16)30-13-11(9-21)29-15(27-7)14(26-6)12(13)23/h11-15,21-25H,9-10H2,1-8H3/t11-,12-,13-,14-,15-,16-,17+,18-,19+,20+/m1/s1. The van der Waals surface area contributed by atoms with E-state index in [9.17, 15) is 25.5 Å². The van der Waals surface area contributed by atoms with Gasteiger partial charge in [-0.1, -0.05) is 0 Å². The second-order valence-electron chi connectivity index (χ2n) is 9.05. The SMILES string of the molecule is CO[C@@H]1O[C@H](CO)[C@@H](O[C@@]2(C)O[C@](C)(CO)[C@](C)(OC)[C@@](C)(O)[C@@]2(C)O)[C@@H](O)[C@H]1OC. The molecule has 31 heavy (non-hydrogen) atoms. The first-order valence-electron chi connectivity index (χ1n) is 10.2. The minimum Gasteiger partial charge on any atom is -0.394 e. The molecule has 0 bridgehead atoms. The Bertz CT molecular complexity index is 628. The van der Waals surface area contributed by atoms with Crippen LogP contribution in [0.25, 0.3) is 0 Å². The van der Waals surface area contributed by atoms with Crippen molar-refractivity contribution in [2.75, 3.05) is 34.5 Å². The maximum absolute atomic E-state index is 11.5. The first-order valence-corrected chi connectivity index (χ1v) is 10.2. The summed E-state index contributed by atoms with van der Waals surface area (Å²) in [6, 6.07) is 0. The van der Waals surface area contributed by atoms with Crippen LogP contribution < -0.4 is 0 Å². The minimum absolute atomic E-state index is 0.542. The van der Waals surface area contributed by atoms with E-state index in [1.807, 2.05) is 0 Å². The van der Waals surface area contributed by atoms with Crippen molar-refractivity contribution in [3.63, 3.8) is 0 Å². The summed E-state index contributed by atoms with van der Waals surface area (Å²) in [5.41, 5.74) is -7.23. The van der Waals surface area contributed by atoms with Crippen LogP contribution in [0.5, 0.6) is 0 Å². The molecule has 5 N–H and O–H groups in total. The molecule has 0 amide bonds. The van der Waals surface area contributed by atoms with Crippen molar-refractivity contribution in [1.29, 1.82) is 0 Å². The third kappa shape index (κ3) is 3.64. The Balaban J connectivity index is 2.53. The molecule has 2 aliphatic heterocycles. The summed E-state index contributed by atoms with van der Waals surface area (Å²) in [4.78, 5) is 0. The summed E-state index contributed by atoms with van der Waals surface area (Å²) in [5.74, 6) is -1.99. The molecule has 2 rings (SSSR count). The predicted octanol–water partition coefficient (Wildman–Crippen LogP) is -1.48. The average molecular weight is 455 g/mol. The van der Waals surface area contributed by atoms with E-state index < -0.39 is 72.1 Å². The largest absolute Gasteiger partial charge is 0.394 e. The van der Waals surface area contributed by atoms with Gasteiger partial charge in [0.2, 0.25) is 0 Å². The van der Waals surface area contributed by atoms with Crippen molar-refractivity contribution in [1.82, 2.24) is 0 Å². The van der Waals surface area contributed by atoms with Gasteiger partial charge in [0.05, 0.1) is 13.2 Å². The number of methoxy groups -OCH3 is 3. The molecule has 184 valence electrons. The smallest absolute Gasteiger partial charge is 0.198 e. The quantitative estimate of drug-likeness (QED) is 0.305. The van der Waals surface area contributed by atoms with Gasteiger partial charge < -0.3 is 54.0 Å². The van der Waals surface area contributed by atoms with Gasteiger partial charge in [-0.05, 0) is 34.6 Å². The number of aliphatic hydroxyl groups is 5. The van der Waals surface area contributed by atoms with E-state index in [-0.39, 0.29) is 0 Å². The first kappa shape index (κ1) is 26.8. The summed E-state index contributed by atoms with van der Waals surface area (Å²) in [6.45, 7) is 5.92. The second kappa shape index (κ2) is 8.73. The normalized spacial score (nSPS) is 53.5. The third-order valence-electron chi connectivity index (χ3n) is 7.56. The zero-order chi connectivity index (χ0) is 24.0. The van der Waals surface area contributed by atoms with Gasteiger partial charge >= 0.3 is 0 Å². The maximum atomic E-state index is 11.5. The highest BCUT2D eigenvalue weighted by molar-refractivity contribution is 5.22. The van der Waals surface area contributed by atoms with E-state index in [1.165, 1.54) is 55.9 Å². The van der Waals surface area contributed by atoms with Gasteiger partial charge in [-0.2, -0.15) is 0 Å². The molecular weight excluding hydrogens is 416 g/mol. The monoisotopic (exact) mass is 454 g/mol. The lowest BCUT2D eigenvalue weighted by molar-refractivity contribution is -0.475. The van der Waals surface area contributed by atoms with E-state index in [4.69, 9.17) is 28.4 Å². The summed E-state index contributed by atoms with van der Waals surface area (Å²) in [6.07, 6.45) is -5.60. The Morgan fingerprint density at radius 1 is 0.871 bits per heavy atom. The van der Waals surface area contributed by atoms with Crippen LogP contribution in [0.1, 0.15) is 34.6 Å². The number of hydrogen-bond donors (Lipinski definition) is 5. The Hall–Kier alpha value is -0.440. The highest BCUT2D eigenvalue weighted by atomic mass is 16.8. The zero-order valence-electron chi connectivity index (χ0n) is 19.5. The number of hydrogen-bond acceptors (Lipinski definition) is 11.